The largest absolute Gasteiger partial charge is 0.332 e. The molecule has 0 aromatic rings. The lowest BCUT2D eigenvalue weighted by atomic mass is 10.1. The van der Waals surface area contributed by atoms with Crippen LogP contribution in [-0.4, -0.2) is 54.3 Å². The van der Waals surface area contributed by atoms with E-state index in [-0.39, 0.29) is 30.8 Å². The molecule has 1 aliphatic heterocycles. The van der Waals surface area contributed by atoms with Gasteiger partial charge in [0.25, 0.3) is 0 Å². The van der Waals surface area contributed by atoms with Crippen molar-refractivity contribution in [3.8, 4) is 0 Å². The molecule has 5 heteroatoms. The van der Waals surface area contributed by atoms with Crippen molar-refractivity contribution < 1.29 is 9.59 Å². The number of rotatable bonds is 5. The Morgan fingerprint density at radius 3 is 2.38 bits per heavy atom. The number of carbonyl (C=O) groups is 2. The second-order valence-electron chi connectivity index (χ2n) is 4.43. The Morgan fingerprint density at radius 2 is 1.81 bits per heavy atom. The first kappa shape index (κ1) is 13.0. The third kappa shape index (κ3) is 3.20. The summed E-state index contributed by atoms with van der Waals surface area (Å²) in [5.41, 5.74) is 5.51. The summed E-state index contributed by atoms with van der Waals surface area (Å²) in [4.78, 5) is 26.7. The summed E-state index contributed by atoms with van der Waals surface area (Å²) in [5, 5.41) is 0. The van der Waals surface area contributed by atoms with Crippen LogP contribution in [0.4, 0.5) is 0 Å². The number of hydrogen-bond acceptors (Lipinski definition) is 3. The molecule has 0 aromatic heterocycles. The molecule has 1 heterocycles. The molecule has 2 N–H and O–H groups in total. The van der Waals surface area contributed by atoms with Gasteiger partial charge in [-0.2, -0.15) is 0 Å². The van der Waals surface area contributed by atoms with E-state index in [1.807, 2.05) is 13.8 Å². The molecule has 0 aliphatic carbocycles. The van der Waals surface area contributed by atoms with Crippen molar-refractivity contribution >= 4 is 11.8 Å². The molecule has 1 fully saturated rings. The van der Waals surface area contributed by atoms with Crippen LogP contribution in [-0.2, 0) is 9.59 Å². The average molecular weight is 227 g/mol. The number of nitrogens with zero attached hydrogens (tertiary/aromatic N) is 2. The minimum absolute atomic E-state index is 0.0355. The van der Waals surface area contributed by atoms with Gasteiger partial charge >= 0.3 is 0 Å². The predicted octanol–water partition coefficient (Wildman–Crippen LogP) is -0.338. The smallest absolute Gasteiger partial charge is 0.242 e. The Labute approximate surface area is 96.6 Å². The Hall–Kier alpha value is -1.10. The van der Waals surface area contributed by atoms with Crippen LogP contribution < -0.4 is 5.73 Å². The maximum atomic E-state index is 11.8. The second-order valence-corrected chi connectivity index (χ2v) is 4.43. The van der Waals surface area contributed by atoms with Crippen LogP contribution in [0.1, 0.15) is 20.3 Å². The first-order chi connectivity index (χ1) is 7.58. The van der Waals surface area contributed by atoms with Crippen LogP contribution in [0.2, 0.25) is 0 Å². The summed E-state index contributed by atoms with van der Waals surface area (Å²) >= 11 is 0. The van der Waals surface area contributed by atoms with Crippen LogP contribution in [0.25, 0.3) is 0 Å². The van der Waals surface area contributed by atoms with Gasteiger partial charge in [0.2, 0.25) is 11.8 Å². The highest BCUT2D eigenvalue weighted by molar-refractivity contribution is 5.92. The number of hydrogen-bond donors (Lipinski definition) is 1. The van der Waals surface area contributed by atoms with E-state index in [1.54, 1.807) is 9.80 Å². The topological polar surface area (TPSA) is 66.6 Å². The summed E-state index contributed by atoms with van der Waals surface area (Å²) in [5.74, 6) is 0.327. The zero-order valence-corrected chi connectivity index (χ0v) is 10.1. The zero-order chi connectivity index (χ0) is 12.1. The van der Waals surface area contributed by atoms with E-state index >= 15 is 0 Å². The maximum absolute atomic E-state index is 11.8. The highest BCUT2D eigenvalue weighted by Crippen LogP contribution is 2.08. The minimum Gasteiger partial charge on any atom is -0.332 e. The molecule has 1 unspecified atom stereocenters. The van der Waals surface area contributed by atoms with Gasteiger partial charge in [0, 0.05) is 13.1 Å². The normalized spacial score (nSPS) is 19.2. The van der Waals surface area contributed by atoms with Gasteiger partial charge in [-0.3, -0.25) is 9.59 Å². The summed E-state index contributed by atoms with van der Waals surface area (Å²) in [7, 11) is 0. The molecular weight excluding hydrogens is 206 g/mol. The van der Waals surface area contributed by atoms with Crippen molar-refractivity contribution in [1.82, 2.24) is 9.80 Å². The van der Waals surface area contributed by atoms with Crippen molar-refractivity contribution in [3.05, 3.63) is 0 Å². The molecule has 1 saturated heterocycles. The number of carbonyl (C=O) groups excluding carboxylic acids is 2. The van der Waals surface area contributed by atoms with E-state index in [2.05, 4.69) is 0 Å². The van der Waals surface area contributed by atoms with Gasteiger partial charge in [0.05, 0.1) is 13.1 Å². The fraction of sp³-hybridized carbons (Fsp3) is 0.818. The van der Waals surface area contributed by atoms with Gasteiger partial charge in [-0.15, -0.1) is 0 Å². The third-order valence-corrected chi connectivity index (χ3v) is 2.79. The molecule has 2 amide bonds. The van der Waals surface area contributed by atoms with Crippen molar-refractivity contribution in [3.63, 3.8) is 0 Å². The molecule has 92 valence electrons. The third-order valence-electron chi connectivity index (χ3n) is 2.79. The van der Waals surface area contributed by atoms with Crippen molar-refractivity contribution in [2.75, 3.05) is 32.7 Å². The SMILES string of the molecule is CCCN1CC(=O)N(CC(C)CN)CC1=O. The molecule has 0 radical (unpaired) electrons. The van der Waals surface area contributed by atoms with Gasteiger partial charge < -0.3 is 15.5 Å². The molecule has 0 bridgehead atoms. The molecule has 16 heavy (non-hydrogen) atoms. The van der Waals surface area contributed by atoms with Crippen LogP contribution in [0.3, 0.4) is 0 Å². The van der Waals surface area contributed by atoms with Gasteiger partial charge in [-0.05, 0) is 18.9 Å². The quantitative estimate of drug-likeness (QED) is 0.699. The van der Waals surface area contributed by atoms with Gasteiger partial charge in [-0.25, -0.2) is 0 Å². The number of amides is 2. The molecule has 1 rings (SSSR count). The van der Waals surface area contributed by atoms with Crippen LogP contribution >= 0.6 is 0 Å². The van der Waals surface area contributed by atoms with Gasteiger partial charge in [0.1, 0.15) is 0 Å². The summed E-state index contributed by atoms with van der Waals surface area (Å²) in [6.07, 6.45) is 0.887. The van der Waals surface area contributed by atoms with E-state index in [9.17, 15) is 9.59 Å². The van der Waals surface area contributed by atoms with Crippen LogP contribution in [0, 0.1) is 5.92 Å². The molecule has 1 aliphatic rings. The zero-order valence-electron chi connectivity index (χ0n) is 10.1. The monoisotopic (exact) mass is 227 g/mol. The maximum Gasteiger partial charge on any atom is 0.242 e. The average Bonchev–Trinajstić information content (AvgIpc) is 2.25. The number of nitrogens with two attached hydrogens (primary N) is 1. The predicted molar refractivity (Wildman–Crippen MR) is 61.7 cm³/mol. The Bertz CT molecular complexity index is 268. The highest BCUT2D eigenvalue weighted by atomic mass is 16.2. The first-order valence-electron chi connectivity index (χ1n) is 5.84. The lowest BCUT2D eigenvalue weighted by Gasteiger charge is -2.34. The van der Waals surface area contributed by atoms with Crippen molar-refractivity contribution in [2.45, 2.75) is 20.3 Å². The standard InChI is InChI=1S/C11H21N3O2/c1-3-4-13-7-11(16)14(8-10(13)15)6-9(2)5-12/h9H,3-8,12H2,1-2H3. The Kier molecular flexibility index (Phi) is 4.73. The van der Waals surface area contributed by atoms with E-state index in [0.717, 1.165) is 6.42 Å². The van der Waals surface area contributed by atoms with E-state index in [1.165, 1.54) is 0 Å². The Morgan fingerprint density at radius 1 is 1.25 bits per heavy atom. The molecule has 0 aromatic carbocycles. The molecule has 1 atom stereocenters. The van der Waals surface area contributed by atoms with E-state index < -0.39 is 0 Å². The van der Waals surface area contributed by atoms with Gasteiger partial charge in [-0.1, -0.05) is 13.8 Å². The van der Waals surface area contributed by atoms with E-state index in [0.29, 0.717) is 19.6 Å². The highest BCUT2D eigenvalue weighted by Gasteiger charge is 2.29. The van der Waals surface area contributed by atoms with Crippen molar-refractivity contribution in [2.24, 2.45) is 11.7 Å². The molecule has 0 saturated carbocycles. The lowest BCUT2D eigenvalue weighted by molar-refractivity contribution is -0.150. The fourth-order valence-corrected chi connectivity index (χ4v) is 1.79. The molecule has 0 spiro atoms. The minimum atomic E-state index is 0.0355. The second kappa shape index (κ2) is 5.84. The lowest BCUT2D eigenvalue weighted by Crippen LogP contribution is -2.55. The van der Waals surface area contributed by atoms with E-state index in [4.69, 9.17) is 5.73 Å². The summed E-state index contributed by atoms with van der Waals surface area (Å²) in [6.45, 7) is 6.21. The van der Waals surface area contributed by atoms with Gasteiger partial charge in [0.15, 0.2) is 0 Å². The summed E-state index contributed by atoms with van der Waals surface area (Å²) in [6, 6.07) is 0. The van der Waals surface area contributed by atoms with Crippen LogP contribution in [0.5, 0.6) is 0 Å². The number of piperazine rings is 1. The summed E-state index contributed by atoms with van der Waals surface area (Å²) < 4.78 is 0. The van der Waals surface area contributed by atoms with Crippen molar-refractivity contribution in [1.29, 1.82) is 0 Å². The fourth-order valence-electron chi connectivity index (χ4n) is 1.79. The first-order valence-corrected chi connectivity index (χ1v) is 5.84. The molecular formula is C11H21N3O2. The Balaban J connectivity index is 2.53. The molecule has 5 nitrogen and oxygen atoms in total. The van der Waals surface area contributed by atoms with Crippen LogP contribution in [0.15, 0.2) is 0 Å².